The molecule has 0 atom stereocenters. The van der Waals surface area contributed by atoms with Crippen LogP contribution in [0.1, 0.15) is 20.8 Å². The number of hydrogen-bond acceptors (Lipinski definition) is 3. The Morgan fingerprint density at radius 3 is 1.30 bits per heavy atom. The SMILES string of the molecule is CC(=O)C(C(C)=O)=C(C)O. The normalized spacial score (nSPS) is 8.70. The van der Waals surface area contributed by atoms with E-state index in [1.54, 1.807) is 0 Å². The smallest absolute Gasteiger partial charge is 0.166 e. The molecule has 0 saturated carbocycles. The zero-order chi connectivity index (χ0) is 8.31. The number of hydrogen-bond donors (Lipinski definition) is 1. The monoisotopic (exact) mass is 142 g/mol. The average molecular weight is 142 g/mol. The largest absolute Gasteiger partial charge is 0.512 e. The molecule has 0 amide bonds. The molecule has 0 spiro atoms. The van der Waals surface area contributed by atoms with Crippen molar-refractivity contribution in [3.63, 3.8) is 0 Å². The first-order chi connectivity index (χ1) is 4.46. The van der Waals surface area contributed by atoms with Gasteiger partial charge in [-0.25, -0.2) is 0 Å². The van der Waals surface area contributed by atoms with Crippen LogP contribution in [0.5, 0.6) is 0 Å². The van der Waals surface area contributed by atoms with Crippen LogP contribution in [0.2, 0.25) is 0 Å². The van der Waals surface area contributed by atoms with Crippen LogP contribution in [-0.2, 0) is 9.59 Å². The lowest BCUT2D eigenvalue weighted by molar-refractivity contribution is -0.119. The van der Waals surface area contributed by atoms with Crippen molar-refractivity contribution < 1.29 is 14.7 Å². The van der Waals surface area contributed by atoms with E-state index in [0.29, 0.717) is 0 Å². The van der Waals surface area contributed by atoms with Crippen molar-refractivity contribution in [2.24, 2.45) is 0 Å². The Hall–Kier alpha value is -1.12. The van der Waals surface area contributed by atoms with Crippen LogP contribution in [0.15, 0.2) is 11.3 Å². The Bertz CT molecular complexity index is 181. The van der Waals surface area contributed by atoms with Gasteiger partial charge in [0, 0.05) is 0 Å². The van der Waals surface area contributed by atoms with E-state index in [9.17, 15) is 9.59 Å². The first-order valence-corrected chi connectivity index (χ1v) is 2.88. The van der Waals surface area contributed by atoms with Crippen LogP contribution >= 0.6 is 0 Å². The average Bonchev–Trinajstić information content (AvgIpc) is 1.59. The van der Waals surface area contributed by atoms with E-state index in [1.165, 1.54) is 20.8 Å². The van der Waals surface area contributed by atoms with Crippen molar-refractivity contribution in [2.75, 3.05) is 0 Å². The summed E-state index contributed by atoms with van der Waals surface area (Å²) in [6.45, 7) is 3.81. The summed E-state index contributed by atoms with van der Waals surface area (Å²) in [5.41, 5.74) is -0.111. The predicted molar refractivity (Wildman–Crippen MR) is 36.7 cm³/mol. The number of ketones is 2. The van der Waals surface area contributed by atoms with Gasteiger partial charge in [0.15, 0.2) is 11.6 Å². The summed E-state index contributed by atoms with van der Waals surface area (Å²) in [6.07, 6.45) is 0. The Balaban J connectivity index is 4.79. The van der Waals surface area contributed by atoms with Gasteiger partial charge < -0.3 is 5.11 Å². The van der Waals surface area contributed by atoms with Gasteiger partial charge in [0.05, 0.1) is 5.57 Å². The van der Waals surface area contributed by atoms with E-state index in [2.05, 4.69) is 0 Å². The number of Topliss-reactive ketones (excluding diaryl/α,β-unsaturated/α-hetero) is 2. The third-order valence-electron chi connectivity index (χ3n) is 1.07. The highest BCUT2D eigenvalue weighted by atomic mass is 16.3. The Kier molecular flexibility index (Phi) is 2.80. The second-order valence-electron chi connectivity index (χ2n) is 2.07. The molecular weight excluding hydrogens is 132 g/mol. The minimum absolute atomic E-state index is 0.111. The van der Waals surface area contributed by atoms with Crippen LogP contribution in [0.4, 0.5) is 0 Å². The molecular formula is C7H10O3. The summed E-state index contributed by atoms with van der Waals surface area (Å²) < 4.78 is 0. The lowest BCUT2D eigenvalue weighted by atomic mass is 10.1. The van der Waals surface area contributed by atoms with Crippen LogP contribution in [0.25, 0.3) is 0 Å². The molecule has 0 radical (unpaired) electrons. The summed E-state index contributed by atoms with van der Waals surface area (Å²) in [5.74, 6) is -1.000. The highest BCUT2D eigenvalue weighted by molar-refractivity contribution is 6.18. The Morgan fingerprint density at radius 2 is 1.30 bits per heavy atom. The van der Waals surface area contributed by atoms with E-state index in [1.807, 2.05) is 0 Å². The Labute approximate surface area is 59.4 Å². The summed E-state index contributed by atoms with van der Waals surface area (Å²) in [4.78, 5) is 21.2. The number of rotatable bonds is 2. The van der Waals surface area contributed by atoms with E-state index in [4.69, 9.17) is 5.11 Å². The molecule has 0 saturated heterocycles. The molecule has 0 heterocycles. The zero-order valence-corrected chi connectivity index (χ0v) is 6.26. The lowest BCUT2D eigenvalue weighted by Crippen LogP contribution is -2.08. The summed E-state index contributed by atoms with van der Waals surface area (Å²) in [7, 11) is 0. The van der Waals surface area contributed by atoms with Crippen molar-refractivity contribution in [1.29, 1.82) is 0 Å². The number of carbonyl (C=O) groups excluding carboxylic acids is 2. The molecule has 0 aliphatic heterocycles. The maximum Gasteiger partial charge on any atom is 0.166 e. The van der Waals surface area contributed by atoms with Crippen molar-refractivity contribution in [3.8, 4) is 0 Å². The highest BCUT2D eigenvalue weighted by Crippen LogP contribution is 2.02. The summed E-state index contributed by atoms with van der Waals surface area (Å²) >= 11 is 0. The molecule has 56 valence electrons. The van der Waals surface area contributed by atoms with E-state index in [-0.39, 0.29) is 11.3 Å². The van der Waals surface area contributed by atoms with E-state index >= 15 is 0 Å². The number of aliphatic hydroxyl groups is 1. The van der Waals surface area contributed by atoms with Crippen LogP contribution in [0, 0.1) is 0 Å². The lowest BCUT2D eigenvalue weighted by Gasteiger charge is -1.97. The van der Waals surface area contributed by atoms with E-state index < -0.39 is 11.6 Å². The highest BCUT2D eigenvalue weighted by Gasteiger charge is 2.12. The van der Waals surface area contributed by atoms with Crippen LogP contribution in [0.3, 0.4) is 0 Å². The summed E-state index contributed by atoms with van der Waals surface area (Å²) in [6, 6.07) is 0. The fraction of sp³-hybridized carbons (Fsp3) is 0.429. The molecule has 0 aliphatic carbocycles. The third-order valence-corrected chi connectivity index (χ3v) is 1.07. The molecule has 0 fully saturated rings. The first-order valence-electron chi connectivity index (χ1n) is 2.88. The third kappa shape index (κ3) is 2.01. The van der Waals surface area contributed by atoms with Gasteiger partial charge in [-0.1, -0.05) is 0 Å². The topological polar surface area (TPSA) is 54.4 Å². The second-order valence-corrected chi connectivity index (χ2v) is 2.07. The molecule has 0 aromatic carbocycles. The minimum atomic E-state index is -0.396. The van der Waals surface area contributed by atoms with Crippen molar-refractivity contribution in [2.45, 2.75) is 20.8 Å². The van der Waals surface area contributed by atoms with Gasteiger partial charge in [0.25, 0.3) is 0 Å². The molecule has 0 bridgehead atoms. The second kappa shape index (κ2) is 3.15. The van der Waals surface area contributed by atoms with E-state index in [0.717, 1.165) is 0 Å². The number of carbonyl (C=O) groups is 2. The van der Waals surface area contributed by atoms with Crippen LogP contribution < -0.4 is 0 Å². The molecule has 3 heteroatoms. The quantitative estimate of drug-likeness (QED) is 0.271. The van der Waals surface area contributed by atoms with Crippen molar-refractivity contribution in [1.82, 2.24) is 0 Å². The zero-order valence-electron chi connectivity index (χ0n) is 6.26. The Morgan fingerprint density at radius 1 is 1.00 bits per heavy atom. The standard InChI is InChI=1S/C7H10O3/c1-4(8)7(5(2)9)6(3)10/h8H,1-3H3. The van der Waals surface area contributed by atoms with Gasteiger partial charge in [-0.3, -0.25) is 9.59 Å². The van der Waals surface area contributed by atoms with Gasteiger partial charge in [-0.05, 0) is 20.8 Å². The van der Waals surface area contributed by atoms with Gasteiger partial charge in [-0.15, -0.1) is 0 Å². The molecule has 0 aromatic rings. The maximum atomic E-state index is 10.6. The molecule has 3 nitrogen and oxygen atoms in total. The van der Waals surface area contributed by atoms with Crippen LogP contribution in [-0.4, -0.2) is 16.7 Å². The minimum Gasteiger partial charge on any atom is -0.512 e. The van der Waals surface area contributed by atoms with Gasteiger partial charge in [-0.2, -0.15) is 0 Å². The molecule has 0 unspecified atom stereocenters. The van der Waals surface area contributed by atoms with Gasteiger partial charge in [0.1, 0.15) is 5.76 Å². The first kappa shape index (κ1) is 8.88. The molecule has 10 heavy (non-hydrogen) atoms. The number of allylic oxidation sites excluding steroid dienone is 2. The molecule has 0 rings (SSSR count). The maximum absolute atomic E-state index is 10.6. The molecule has 0 aliphatic rings. The van der Waals surface area contributed by atoms with Gasteiger partial charge in [0.2, 0.25) is 0 Å². The summed E-state index contributed by atoms with van der Waals surface area (Å²) in [5, 5.41) is 8.79. The molecule has 1 N–H and O–H groups in total. The fourth-order valence-corrected chi connectivity index (χ4v) is 0.757. The molecule has 0 aromatic heterocycles. The van der Waals surface area contributed by atoms with Crippen molar-refractivity contribution >= 4 is 11.6 Å². The van der Waals surface area contributed by atoms with Gasteiger partial charge >= 0.3 is 0 Å². The number of aliphatic hydroxyl groups excluding tert-OH is 1. The fourth-order valence-electron chi connectivity index (χ4n) is 0.757. The predicted octanol–water partition coefficient (Wildman–Crippen LogP) is 0.996. The van der Waals surface area contributed by atoms with Crippen molar-refractivity contribution in [3.05, 3.63) is 11.3 Å².